The molecule has 0 amide bonds. The molecule has 2 fully saturated rings. The van der Waals surface area contributed by atoms with Crippen molar-refractivity contribution in [2.24, 2.45) is 23.5 Å². The molecule has 3 rings (SSSR count). The van der Waals surface area contributed by atoms with Gasteiger partial charge in [-0.25, -0.2) is 0 Å². The highest BCUT2D eigenvalue weighted by Crippen LogP contribution is 2.36. The maximum atomic E-state index is 6.10. The van der Waals surface area contributed by atoms with E-state index >= 15 is 0 Å². The normalized spacial score (nSPS) is 29.0. The Kier molecular flexibility index (Phi) is 8.86. The number of methoxy groups -OCH3 is 1. The second-order valence-electron chi connectivity index (χ2n) is 9.99. The van der Waals surface area contributed by atoms with Crippen molar-refractivity contribution in [1.29, 1.82) is 0 Å². The average Bonchev–Trinajstić information content (AvgIpc) is 2.75. The van der Waals surface area contributed by atoms with Gasteiger partial charge >= 0.3 is 0 Å². The molecule has 0 aromatic heterocycles. The lowest BCUT2D eigenvalue weighted by Gasteiger charge is -2.39. The predicted octanol–water partition coefficient (Wildman–Crippen LogP) is 6.01. The summed E-state index contributed by atoms with van der Waals surface area (Å²) in [5.41, 5.74) is 7.48. The van der Waals surface area contributed by atoms with Gasteiger partial charge in [0.05, 0.1) is 7.11 Å². The summed E-state index contributed by atoms with van der Waals surface area (Å²) >= 11 is 0. The SMILES string of the molecule is CCC(C)CN(Cc1cccc(OC)c1)C1CCC(CC2CCC(N)CC2)CC1. The van der Waals surface area contributed by atoms with Crippen LogP contribution in [0.15, 0.2) is 24.3 Å². The Morgan fingerprint density at radius 3 is 2.31 bits per heavy atom. The predicted molar refractivity (Wildman–Crippen MR) is 123 cm³/mol. The summed E-state index contributed by atoms with van der Waals surface area (Å²) < 4.78 is 5.45. The second-order valence-corrected chi connectivity index (χ2v) is 9.99. The fourth-order valence-corrected chi connectivity index (χ4v) is 5.52. The van der Waals surface area contributed by atoms with Gasteiger partial charge in [0.15, 0.2) is 0 Å². The zero-order valence-electron chi connectivity index (χ0n) is 19.1. The number of benzene rings is 1. The summed E-state index contributed by atoms with van der Waals surface area (Å²) in [5, 5.41) is 0. The van der Waals surface area contributed by atoms with Gasteiger partial charge in [0.1, 0.15) is 5.75 Å². The molecule has 3 heteroatoms. The van der Waals surface area contributed by atoms with E-state index in [0.29, 0.717) is 6.04 Å². The lowest BCUT2D eigenvalue weighted by atomic mass is 9.75. The summed E-state index contributed by atoms with van der Waals surface area (Å²) in [6, 6.07) is 9.86. The van der Waals surface area contributed by atoms with Gasteiger partial charge in [0, 0.05) is 25.2 Å². The molecule has 2 aliphatic carbocycles. The van der Waals surface area contributed by atoms with Crippen molar-refractivity contribution >= 4 is 0 Å². The van der Waals surface area contributed by atoms with Gasteiger partial charge in [-0.15, -0.1) is 0 Å². The smallest absolute Gasteiger partial charge is 0.119 e. The highest BCUT2D eigenvalue weighted by Gasteiger charge is 2.29. The number of hydrogen-bond donors (Lipinski definition) is 1. The fraction of sp³-hybridized carbons (Fsp3) is 0.769. The first-order chi connectivity index (χ1) is 14.1. The molecule has 2 aliphatic rings. The van der Waals surface area contributed by atoms with Crippen molar-refractivity contribution in [3.63, 3.8) is 0 Å². The molecule has 164 valence electrons. The highest BCUT2D eigenvalue weighted by molar-refractivity contribution is 5.28. The van der Waals surface area contributed by atoms with Crippen LogP contribution in [0, 0.1) is 17.8 Å². The van der Waals surface area contributed by atoms with Gasteiger partial charge in [0.25, 0.3) is 0 Å². The molecule has 3 nitrogen and oxygen atoms in total. The van der Waals surface area contributed by atoms with Gasteiger partial charge in [-0.2, -0.15) is 0 Å². The topological polar surface area (TPSA) is 38.5 Å². The third-order valence-electron chi connectivity index (χ3n) is 7.65. The molecule has 0 saturated heterocycles. The quantitative estimate of drug-likeness (QED) is 0.551. The van der Waals surface area contributed by atoms with Crippen LogP contribution in [-0.2, 0) is 6.54 Å². The Bertz CT molecular complexity index is 588. The Morgan fingerprint density at radius 2 is 1.69 bits per heavy atom. The van der Waals surface area contributed by atoms with Crippen LogP contribution in [-0.4, -0.2) is 30.6 Å². The highest BCUT2D eigenvalue weighted by atomic mass is 16.5. The van der Waals surface area contributed by atoms with Gasteiger partial charge in [0.2, 0.25) is 0 Å². The van der Waals surface area contributed by atoms with Crippen molar-refractivity contribution in [3.8, 4) is 5.75 Å². The number of ether oxygens (including phenoxy) is 1. The van der Waals surface area contributed by atoms with Crippen LogP contribution in [0.1, 0.15) is 83.6 Å². The molecule has 1 unspecified atom stereocenters. The lowest BCUT2D eigenvalue weighted by molar-refractivity contribution is 0.103. The molecule has 0 heterocycles. The summed E-state index contributed by atoms with van der Waals surface area (Å²) in [4.78, 5) is 2.78. The third-order valence-corrected chi connectivity index (χ3v) is 7.65. The van der Waals surface area contributed by atoms with E-state index in [4.69, 9.17) is 10.5 Å². The minimum absolute atomic E-state index is 0.479. The molecular formula is C26H44N2O. The van der Waals surface area contributed by atoms with Crippen molar-refractivity contribution in [3.05, 3.63) is 29.8 Å². The minimum atomic E-state index is 0.479. The first-order valence-electron chi connectivity index (χ1n) is 12.2. The molecule has 0 bridgehead atoms. The minimum Gasteiger partial charge on any atom is -0.497 e. The van der Waals surface area contributed by atoms with Crippen LogP contribution in [0.5, 0.6) is 5.75 Å². The first kappa shape index (κ1) is 22.6. The van der Waals surface area contributed by atoms with E-state index in [9.17, 15) is 0 Å². The molecule has 2 saturated carbocycles. The summed E-state index contributed by atoms with van der Waals surface area (Å²) in [7, 11) is 1.76. The van der Waals surface area contributed by atoms with Crippen LogP contribution in [0.4, 0.5) is 0 Å². The zero-order valence-corrected chi connectivity index (χ0v) is 19.1. The van der Waals surface area contributed by atoms with E-state index in [-0.39, 0.29) is 0 Å². The van der Waals surface area contributed by atoms with Crippen molar-refractivity contribution in [2.45, 2.75) is 96.7 Å². The third kappa shape index (κ3) is 7.00. The molecule has 2 N–H and O–H groups in total. The van der Waals surface area contributed by atoms with E-state index in [0.717, 1.165) is 36.1 Å². The van der Waals surface area contributed by atoms with E-state index < -0.39 is 0 Å². The van der Waals surface area contributed by atoms with Crippen molar-refractivity contribution in [1.82, 2.24) is 4.90 Å². The largest absolute Gasteiger partial charge is 0.497 e. The fourth-order valence-electron chi connectivity index (χ4n) is 5.52. The monoisotopic (exact) mass is 400 g/mol. The maximum Gasteiger partial charge on any atom is 0.119 e. The Morgan fingerprint density at radius 1 is 1.03 bits per heavy atom. The van der Waals surface area contributed by atoms with E-state index in [1.54, 1.807) is 7.11 Å². The molecule has 1 atom stereocenters. The van der Waals surface area contributed by atoms with E-state index in [2.05, 4.69) is 36.9 Å². The number of nitrogens with zero attached hydrogens (tertiary/aromatic N) is 1. The Balaban J connectivity index is 1.54. The number of nitrogens with two attached hydrogens (primary N) is 1. The molecule has 0 radical (unpaired) electrons. The number of hydrogen-bond acceptors (Lipinski definition) is 3. The number of rotatable bonds is 9. The van der Waals surface area contributed by atoms with Crippen molar-refractivity contribution < 1.29 is 4.74 Å². The van der Waals surface area contributed by atoms with Gasteiger partial charge in [-0.1, -0.05) is 32.4 Å². The van der Waals surface area contributed by atoms with Crippen LogP contribution in [0.3, 0.4) is 0 Å². The van der Waals surface area contributed by atoms with E-state index in [1.165, 1.54) is 76.3 Å². The Labute approximate surface area is 179 Å². The van der Waals surface area contributed by atoms with E-state index in [1.807, 2.05) is 6.07 Å². The lowest BCUT2D eigenvalue weighted by Crippen LogP contribution is -2.40. The van der Waals surface area contributed by atoms with Crippen LogP contribution < -0.4 is 10.5 Å². The molecule has 0 aliphatic heterocycles. The van der Waals surface area contributed by atoms with Gasteiger partial charge in [-0.05, 0) is 93.2 Å². The van der Waals surface area contributed by atoms with Crippen LogP contribution >= 0.6 is 0 Å². The zero-order chi connectivity index (χ0) is 20.6. The van der Waals surface area contributed by atoms with Crippen LogP contribution in [0.25, 0.3) is 0 Å². The van der Waals surface area contributed by atoms with Gasteiger partial charge in [-0.3, -0.25) is 4.90 Å². The average molecular weight is 401 g/mol. The molecule has 0 spiro atoms. The molecule has 1 aromatic rings. The maximum absolute atomic E-state index is 6.10. The second kappa shape index (κ2) is 11.4. The molecule has 29 heavy (non-hydrogen) atoms. The van der Waals surface area contributed by atoms with Gasteiger partial charge < -0.3 is 10.5 Å². The Hall–Kier alpha value is -1.06. The van der Waals surface area contributed by atoms with Crippen molar-refractivity contribution in [2.75, 3.05) is 13.7 Å². The van der Waals surface area contributed by atoms with Crippen LogP contribution in [0.2, 0.25) is 0 Å². The standard InChI is InChI=1S/C26H44N2O/c1-4-20(2)18-28(19-23-6-5-7-26(17-23)29-3)25-14-10-22(11-15-25)16-21-8-12-24(27)13-9-21/h5-7,17,20-22,24-25H,4,8-16,18-19,27H2,1-3H3. The first-order valence-corrected chi connectivity index (χ1v) is 12.2. The summed E-state index contributed by atoms with van der Waals surface area (Å²) in [6.45, 7) is 6.99. The molecule has 1 aromatic carbocycles. The molecular weight excluding hydrogens is 356 g/mol. The summed E-state index contributed by atoms with van der Waals surface area (Å²) in [5.74, 6) is 3.63. The summed E-state index contributed by atoms with van der Waals surface area (Å²) in [6.07, 6.45) is 13.5.